The van der Waals surface area contributed by atoms with E-state index in [-0.39, 0.29) is 17.8 Å². The van der Waals surface area contributed by atoms with Crippen molar-refractivity contribution in [2.75, 3.05) is 30.8 Å². The van der Waals surface area contributed by atoms with E-state index in [0.29, 0.717) is 52.4 Å². The quantitative estimate of drug-likeness (QED) is 0.220. The van der Waals surface area contributed by atoms with Crippen molar-refractivity contribution >= 4 is 40.2 Å². The number of halogens is 1. The molecular weight excluding hydrogens is 593 g/mol. The van der Waals surface area contributed by atoms with E-state index in [1.807, 2.05) is 4.90 Å². The lowest BCUT2D eigenvalue weighted by atomic mass is 10.0. The maximum Gasteiger partial charge on any atom is 0.415 e. The number of rotatable bonds is 8. The molecule has 11 nitrogen and oxygen atoms in total. The maximum atomic E-state index is 13.2. The summed E-state index contributed by atoms with van der Waals surface area (Å²) >= 11 is 0. The largest absolute Gasteiger partial charge is 0.493 e. The Hall–Kier alpha value is -5.23. The number of hydrogen-bond acceptors (Lipinski definition) is 8. The summed E-state index contributed by atoms with van der Waals surface area (Å²) < 4.78 is 30.8. The molecule has 1 aromatic heterocycles. The van der Waals surface area contributed by atoms with E-state index < -0.39 is 29.1 Å². The summed E-state index contributed by atoms with van der Waals surface area (Å²) in [5.74, 6) is 0.418. The highest BCUT2D eigenvalue weighted by atomic mass is 19.1. The number of fused-ring (bicyclic) bond motifs is 3. The average molecular weight is 626 g/mol. The lowest BCUT2D eigenvalue weighted by Gasteiger charge is -2.34. The molecule has 2 aliphatic heterocycles. The number of ether oxygens (including phenoxy) is 3. The summed E-state index contributed by atoms with van der Waals surface area (Å²) in [6, 6.07) is 17.5. The Balaban J connectivity index is 1.02. The van der Waals surface area contributed by atoms with Crippen LogP contribution in [0.3, 0.4) is 0 Å². The van der Waals surface area contributed by atoms with Gasteiger partial charge in [-0.25, -0.2) is 9.18 Å². The first-order valence-electron chi connectivity index (χ1n) is 15.2. The van der Waals surface area contributed by atoms with Gasteiger partial charge < -0.3 is 30.2 Å². The van der Waals surface area contributed by atoms with E-state index in [1.165, 1.54) is 31.4 Å². The van der Waals surface area contributed by atoms with E-state index >= 15 is 0 Å². The molecule has 3 aromatic carbocycles. The van der Waals surface area contributed by atoms with Crippen molar-refractivity contribution in [2.24, 2.45) is 5.41 Å². The molecule has 0 radical (unpaired) electrons. The molecule has 2 saturated heterocycles. The van der Waals surface area contributed by atoms with Crippen LogP contribution in [-0.4, -0.2) is 60.1 Å². The van der Waals surface area contributed by atoms with Crippen LogP contribution in [0.15, 0.2) is 72.9 Å². The fraction of sp³-hybridized carbons (Fsp3) is 0.294. The van der Waals surface area contributed by atoms with Crippen molar-refractivity contribution in [3.8, 4) is 23.0 Å². The van der Waals surface area contributed by atoms with Crippen LogP contribution >= 0.6 is 0 Å². The van der Waals surface area contributed by atoms with Crippen LogP contribution in [0.25, 0.3) is 10.9 Å². The molecule has 3 fully saturated rings. The van der Waals surface area contributed by atoms with E-state index in [2.05, 4.69) is 20.9 Å². The summed E-state index contributed by atoms with van der Waals surface area (Å²) in [7, 11) is 1.51. The van der Waals surface area contributed by atoms with Crippen LogP contribution in [0.1, 0.15) is 25.7 Å². The van der Waals surface area contributed by atoms with Gasteiger partial charge in [-0.15, -0.1) is 0 Å². The minimum absolute atomic E-state index is 0.123. The normalized spacial score (nSPS) is 19.3. The fourth-order valence-electron chi connectivity index (χ4n) is 6.13. The van der Waals surface area contributed by atoms with E-state index in [4.69, 9.17) is 14.2 Å². The number of nitrogens with zero attached hydrogens (tertiary/aromatic N) is 2. The van der Waals surface area contributed by atoms with Crippen LogP contribution in [-0.2, 0) is 9.59 Å². The Morgan fingerprint density at radius 2 is 1.50 bits per heavy atom. The third-order valence-corrected chi connectivity index (χ3v) is 8.84. The van der Waals surface area contributed by atoms with Gasteiger partial charge in [-0.05, 0) is 86.3 Å². The van der Waals surface area contributed by atoms with Gasteiger partial charge in [-0.2, -0.15) is 0 Å². The number of aromatic nitrogens is 1. The lowest BCUT2D eigenvalue weighted by molar-refractivity contribution is -0.131. The number of methoxy groups -OCH3 is 1. The molecule has 3 N–H and O–H groups in total. The second kappa shape index (κ2) is 11.9. The molecular formula is C34H32FN5O6. The van der Waals surface area contributed by atoms with Crippen molar-refractivity contribution < 1.29 is 33.0 Å². The topological polar surface area (TPSA) is 131 Å². The Morgan fingerprint density at radius 3 is 2.11 bits per heavy atom. The smallest absolute Gasteiger partial charge is 0.415 e. The van der Waals surface area contributed by atoms with Gasteiger partial charge in [-0.1, -0.05) is 0 Å². The maximum absolute atomic E-state index is 13.2. The number of amides is 3. The molecule has 2 atom stereocenters. The number of carbonyl (C=O) groups excluding carboxylic acids is 3. The van der Waals surface area contributed by atoms with Crippen LogP contribution in [0.5, 0.6) is 23.0 Å². The molecule has 1 saturated carbocycles. The highest BCUT2D eigenvalue weighted by Crippen LogP contribution is 2.47. The molecule has 236 valence electrons. The van der Waals surface area contributed by atoms with Crippen molar-refractivity contribution in [2.45, 2.75) is 37.8 Å². The Labute approximate surface area is 264 Å². The van der Waals surface area contributed by atoms with Gasteiger partial charge in [0.2, 0.25) is 11.8 Å². The second-order valence-electron chi connectivity index (χ2n) is 11.8. The molecule has 7 rings (SSSR count). The average Bonchev–Trinajstić information content (AvgIpc) is 3.84. The number of anilines is 2. The number of carbonyl (C=O) groups is 3. The molecule has 0 spiro atoms. The summed E-state index contributed by atoms with van der Waals surface area (Å²) in [6.45, 7) is 1.51. The molecule has 1 aliphatic carbocycles. The molecule has 2 unspecified atom stereocenters. The first-order chi connectivity index (χ1) is 22.3. The number of nitrogens with one attached hydrogen (secondary N) is 3. The summed E-state index contributed by atoms with van der Waals surface area (Å²) in [5, 5.41) is 9.54. The standard InChI is InChI=1S/C34H32FN5O6/c1-44-29-16-26-27(17-30(29)46-33(43)40-23-8-9-24(40)19-36-18-23)37-15-12-28(26)45-25-10-6-22(7-11-25)39-32(42)34(13-14-34)31(41)38-21-4-2-20(35)3-5-21/h2-7,10-12,15-17,23-24,36H,8-9,13-14,18-19H2,1H3,(H,38,41)(H,39,42). The van der Waals surface area contributed by atoms with Crippen LogP contribution < -0.4 is 30.2 Å². The highest BCUT2D eigenvalue weighted by molar-refractivity contribution is 6.16. The van der Waals surface area contributed by atoms with Crippen molar-refractivity contribution in [1.29, 1.82) is 0 Å². The van der Waals surface area contributed by atoms with Gasteiger partial charge in [0.05, 0.1) is 12.6 Å². The third kappa shape index (κ3) is 5.67. The van der Waals surface area contributed by atoms with Crippen molar-refractivity contribution in [3.63, 3.8) is 0 Å². The molecule has 2 bridgehead atoms. The van der Waals surface area contributed by atoms with Gasteiger partial charge >= 0.3 is 6.09 Å². The predicted octanol–water partition coefficient (Wildman–Crippen LogP) is 5.47. The van der Waals surface area contributed by atoms with E-state index in [0.717, 1.165) is 25.9 Å². The number of benzene rings is 3. The zero-order valence-corrected chi connectivity index (χ0v) is 25.0. The fourth-order valence-corrected chi connectivity index (χ4v) is 6.13. The Bertz CT molecular complexity index is 1800. The molecule has 3 aliphatic rings. The third-order valence-electron chi connectivity index (χ3n) is 8.84. The minimum Gasteiger partial charge on any atom is -0.493 e. The number of pyridine rings is 1. The van der Waals surface area contributed by atoms with Gasteiger partial charge in [0, 0.05) is 54.2 Å². The minimum atomic E-state index is -1.17. The molecule has 3 amide bonds. The van der Waals surface area contributed by atoms with Crippen molar-refractivity contribution in [1.82, 2.24) is 15.2 Å². The second-order valence-corrected chi connectivity index (χ2v) is 11.8. The SMILES string of the molecule is COc1cc2c(Oc3ccc(NC(=O)C4(C(=O)Nc5ccc(F)cc5)CC4)cc3)ccnc2cc1OC(=O)N1C2CCC1CNC2. The summed E-state index contributed by atoms with van der Waals surface area (Å²) in [4.78, 5) is 45.3. The Kier molecular flexibility index (Phi) is 7.65. The first-order valence-corrected chi connectivity index (χ1v) is 15.2. The van der Waals surface area contributed by atoms with Gasteiger partial charge in [0.25, 0.3) is 0 Å². The highest BCUT2D eigenvalue weighted by Gasteiger charge is 2.56. The molecule has 4 aromatic rings. The monoisotopic (exact) mass is 625 g/mol. The molecule has 46 heavy (non-hydrogen) atoms. The van der Waals surface area contributed by atoms with E-state index in [9.17, 15) is 18.8 Å². The van der Waals surface area contributed by atoms with Crippen molar-refractivity contribution in [3.05, 3.63) is 78.7 Å². The van der Waals surface area contributed by atoms with Crippen LogP contribution in [0.2, 0.25) is 0 Å². The lowest BCUT2D eigenvalue weighted by Crippen LogP contribution is -2.55. The molecule has 12 heteroatoms. The Morgan fingerprint density at radius 1 is 0.870 bits per heavy atom. The van der Waals surface area contributed by atoms with Gasteiger partial charge in [0.15, 0.2) is 11.5 Å². The van der Waals surface area contributed by atoms with E-state index in [1.54, 1.807) is 48.7 Å². The number of hydrogen-bond donors (Lipinski definition) is 3. The molecule has 3 heterocycles. The van der Waals surface area contributed by atoms with Gasteiger partial charge in [0.1, 0.15) is 22.7 Å². The zero-order valence-electron chi connectivity index (χ0n) is 25.0. The van der Waals surface area contributed by atoms with Crippen LogP contribution in [0.4, 0.5) is 20.6 Å². The van der Waals surface area contributed by atoms with Gasteiger partial charge in [-0.3, -0.25) is 19.5 Å². The summed E-state index contributed by atoms with van der Waals surface area (Å²) in [6.07, 6.45) is 3.95. The zero-order chi connectivity index (χ0) is 31.8. The van der Waals surface area contributed by atoms with Crippen LogP contribution in [0, 0.1) is 11.2 Å². The number of piperazine rings is 1. The first kappa shape index (κ1) is 29.5. The predicted molar refractivity (Wildman–Crippen MR) is 168 cm³/mol. The summed E-state index contributed by atoms with van der Waals surface area (Å²) in [5.41, 5.74) is 0.314.